The number of aryl methyl sites for hydroxylation is 2. The Labute approximate surface area is 173 Å². The molecule has 3 nitrogen and oxygen atoms in total. The van der Waals surface area contributed by atoms with Crippen molar-refractivity contribution in [3.8, 4) is 5.75 Å². The van der Waals surface area contributed by atoms with Crippen molar-refractivity contribution in [3.05, 3.63) is 95.1 Å². The summed E-state index contributed by atoms with van der Waals surface area (Å²) in [5.41, 5.74) is 5.68. The van der Waals surface area contributed by atoms with Gasteiger partial charge in [-0.3, -0.25) is 4.79 Å². The molecule has 0 spiro atoms. The Hall–Kier alpha value is -3.33. The Bertz CT molecular complexity index is 967. The fourth-order valence-electron chi connectivity index (χ4n) is 3.35. The number of carbonyl (C=O) groups excluding carboxylic acids is 1. The number of ether oxygens (including phenoxy) is 1. The second kappa shape index (κ2) is 9.74. The number of anilines is 1. The summed E-state index contributed by atoms with van der Waals surface area (Å²) in [6.07, 6.45) is 3.66. The first-order valence-electron chi connectivity index (χ1n) is 9.99. The molecule has 1 amide bonds. The maximum atomic E-state index is 13.4. The van der Waals surface area contributed by atoms with Crippen LogP contribution in [0.25, 0.3) is 11.6 Å². The van der Waals surface area contributed by atoms with Crippen molar-refractivity contribution in [2.24, 2.45) is 0 Å². The first-order chi connectivity index (χ1) is 14.2. The van der Waals surface area contributed by atoms with Crippen LogP contribution >= 0.6 is 0 Å². The lowest BCUT2D eigenvalue weighted by Gasteiger charge is -2.16. The number of carbonyl (C=O) groups is 1. The van der Waals surface area contributed by atoms with Gasteiger partial charge in [-0.15, -0.1) is 0 Å². The molecule has 0 saturated carbocycles. The SMILES string of the molecule is CCc1cccc(CC)c1NC(=O)/C(=C/c1ccc(OC)cc1)c1ccccc1. The van der Waals surface area contributed by atoms with Crippen molar-refractivity contribution in [2.45, 2.75) is 26.7 Å². The molecule has 3 aromatic carbocycles. The average Bonchev–Trinajstić information content (AvgIpc) is 2.78. The lowest BCUT2D eigenvalue weighted by Crippen LogP contribution is -2.16. The minimum Gasteiger partial charge on any atom is -0.497 e. The van der Waals surface area contributed by atoms with Gasteiger partial charge in [0.15, 0.2) is 0 Å². The molecule has 0 aliphatic heterocycles. The molecule has 0 unspecified atom stereocenters. The molecular formula is C26H27NO2. The zero-order valence-electron chi connectivity index (χ0n) is 17.2. The first kappa shape index (κ1) is 20.4. The van der Waals surface area contributed by atoms with E-state index in [9.17, 15) is 4.79 Å². The summed E-state index contributed by atoms with van der Waals surface area (Å²) < 4.78 is 5.24. The lowest BCUT2D eigenvalue weighted by atomic mass is 9.99. The van der Waals surface area contributed by atoms with E-state index >= 15 is 0 Å². The molecule has 1 N–H and O–H groups in total. The summed E-state index contributed by atoms with van der Waals surface area (Å²) in [7, 11) is 1.64. The second-order valence-corrected chi connectivity index (χ2v) is 6.81. The Balaban J connectivity index is 2.01. The van der Waals surface area contributed by atoms with Crippen LogP contribution in [0.4, 0.5) is 5.69 Å². The van der Waals surface area contributed by atoms with E-state index in [0.29, 0.717) is 5.57 Å². The fourth-order valence-corrected chi connectivity index (χ4v) is 3.35. The highest BCUT2D eigenvalue weighted by atomic mass is 16.5. The van der Waals surface area contributed by atoms with E-state index in [1.807, 2.05) is 60.7 Å². The Morgan fingerprint density at radius 3 is 2.03 bits per heavy atom. The van der Waals surface area contributed by atoms with Crippen molar-refractivity contribution >= 4 is 23.2 Å². The molecule has 0 atom stereocenters. The fraction of sp³-hybridized carbons (Fsp3) is 0.192. The third-order valence-corrected chi connectivity index (χ3v) is 4.99. The molecule has 3 heteroatoms. The van der Waals surface area contributed by atoms with Gasteiger partial charge in [-0.25, -0.2) is 0 Å². The monoisotopic (exact) mass is 385 g/mol. The minimum absolute atomic E-state index is 0.109. The van der Waals surface area contributed by atoms with Gasteiger partial charge in [-0.05, 0) is 53.3 Å². The summed E-state index contributed by atoms with van der Waals surface area (Å²) in [5, 5.41) is 3.19. The number of rotatable bonds is 7. The number of nitrogens with one attached hydrogen (secondary N) is 1. The van der Waals surface area contributed by atoms with Gasteiger partial charge in [0.25, 0.3) is 5.91 Å². The van der Waals surface area contributed by atoms with Crippen molar-refractivity contribution in [1.82, 2.24) is 0 Å². The third-order valence-electron chi connectivity index (χ3n) is 4.99. The number of methoxy groups -OCH3 is 1. The molecule has 0 aromatic heterocycles. The summed E-state index contributed by atoms with van der Waals surface area (Å²) in [5.74, 6) is 0.681. The standard InChI is InChI=1S/C26H27NO2/c1-4-20-12-9-13-21(5-2)25(20)27-26(28)24(22-10-7-6-8-11-22)18-19-14-16-23(29-3)17-15-19/h6-18H,4-5H2,1-3H3,(H,27,28)/b24-18+. The van der Waals surface area contributed by atoms with Crippen LogP contribution in [0.5, 0.6) is 5.75 Å². The van der Waals surface area contributed by atoms with Gasteiger partial charge in [0.1, 0.15) is 5.75 Å². The van der Waals surface area contributed by atoms with Crippen LogP contribution in [-0.2, 0) is 17.6 Å². The highest BCUT2D eigenvalue weighted by Gasteiger charge is 2.16. The van der Waals surface area contributed by atoms with Gasteiger partial charge < -0.3 is 10.1 Å². The molecule has 148 valence electrons. The van der Waals surface area contributed by atoms with Crippen LogP contribution in [0.3, 0.4) is 0 Å². The van der Waals surface area contributed by atoms with Gasteiger partial charge in [0.2, 0.25) is 0 Å². The molecule has 29 heavy (non-hydrogen) atoms. The predicted molar refractivity (Wildman–Crippen MR) is 121 cm³/mol. The van der Waals surface area contributed by atoms with E-state index in [1.165, 1.54) is 0 Å². The van der Waals surface area contributed by atoms with Gasteiger partial charge >= 0.3 is 0 Å². The van der Waals surface area contributed by atoms with Gasteiger partial charge in [0, 0.05) is 11.3 Å². The number of para-hydroxylation sites is 1. The van der Waals surface area contributed by atoms with Crippen LogP contribution < -0.4 is 10.1 Å². The summed E-state index contributed by atoms with van der Waals surface area (Å²) >= 11 is 0. The predicted octanol–water partition coefficient (Wildman–Crippen LogP) is 6.00. The molecule has 0 aliphatic rings. The van der Waals surface area contributed by atoms with Crippen LogP contribution in [-0.4, -0.2) is 13.0 Å². The van der Waals surface area contributed by atoms with E-state index in [4.69, 9.17) is 4.74 Å². The molecule has 0 bridgehead atoms. The van der Waals surface area contributed by atoms with Crippen molar-refractivity contribution in [2.75, 3.05) is 12.4 Å². The summed E-state index contributed by atoms with van der Waals surface area (Å²) in [6, 6.07) is 23.7. The first-order valence-corrected chi connectivity index (χ1v) is 9.99. The van der Waals surface area contributed by atoms with E-state index in [-0.39, 0.29) is 5.91 Å². The van der Waals surface area contributed by atoms with E-state index < -0.39 is 0 Å². The maximum absolute atomic E-state index is 13.4. The highest BCUT2D eigenvalue weighted by molar-refractivity contribution is 6.29. The largest absolute Gasteiger partial charge is 0.497 e. The van der Waals surface area contributed by atoms with Crippen molar-refractivity contribution in [3.63, 3.8) is 0 Å². The topological polar surface area (TPSA) is 38.3 Å². The number of hydrogen-bond acceptors (Lipinski definition) is 2. The molecular weight excluding hydrogens is 358 g/mol. The van der Waals surface area contributed by atoms with E-state index in [0.717, 1.165) is 46.5 Å². The van der Waals surface area contributed by atoms with Gasteiger partial charge in [0.05, 0.1) is 7.11 Å². The Morgan fingerprint density at radius 1 is 0.862 bits per heavy atom. The van der Waals surface area contributed by atoms with E-state index in [1.54, 1.807) is 7.11 Å². The number of amides is 1. The molecule has 0 fully saturated rings. The van der Waals surface area contributed by atoms with Crippen LogP contribution in [0.2, 0.25) is 0 Å². The highest BCUT2D eigenvalue weighted by Crippen LogP contribution is 2.26. The zero-order valence-corrected chi connectivity index (χ0v) is 17.2. The molecule has 0 radical (unpaired) electrons. The Morgan fingerprint density at radius 2 is 1.48 bits per heavy atom. The van der Waals surface area contributed by atoms with Gasteiger partial charge in [-0.2, -0.15) is 0 Å². The average molecular weight is 386 g/mol. The quantitative estimate of drug-likeness (QED) is 0.400. The second-order valence-electron chi connectivity index (χ2n) is 6.81. The minimum atomic E-state index is -0.109. The normalized spacial score (nSPS) is 11.2. The van der Waals surface area contributed by atoms with Crippen LogP contribution in [0.1, 0.15) is 36.1 Å². The van der Waals surface area contributed by atoms with Crippen molar-refractivity contribution < 1.29 is 9.53 Å². The third kappa shape index (κ3) is 4.94. The molecule has 3 rings (SSSR count). The van der Waals surface area contributed by atoms with Crippen molar-refractivity contribution in [1.29, 1.82) is 0 Å². The maximum Gasteiger partial charge on any atom is 0.256 e. The van der Waals surface area contributed by atoms with Gasteiger partial charge in [-0.1, -0.05) is 74.5 Å². The number of benzene rings is 3. The van der Waals surface area contributed by atoms with Crippen LogP contribution in [0, 0.1) is 0 Å². The van der Waals surface area contributed by atoms with E-state index in [2.05, 4.69) is 37.4 Å². The number of hydrogen-bond donors (Lipinski definition) is 1. The molecule has 3 aromatic rings. The molecule has 0 heterocycles. The molecule has 0 saturated heterocycles. The molecule has 0 aliphatic carbocycles. The smallest absolute Gasteiger partial charge is 0.256 e. The van der Waals surface area contributed by atoms with Crippen LogP contribution in [0.15, 0.2) is 72.8 Å². The summed E-state index contributed by atoms with van der Waals surface area (Å²) in [6.45, 7) is 4.21. The summed E-state index contributed by atoms with van der Waals surface area (Å²) in [4.78, 5) is 13.4. The lowest BCUT2D eigenvalue weighted by molar-refractivity contribution is -0.111. The Kier molecular flexibility index (Phi) is 6.85. The zero-order chi connectivity index (χ0) is 20.6.